The molecule has 0 spiro atoms. The first kappa shape index (κ1) is 11.9. The molecule has 5 nitrogen and oxygen atoms in total. The molecule has 0 radical (unpaired) electrons. The number of nitrogens with zero attached hydrogens (tertiary/aromatic N) is 2. The Bertz CT molecular complexity index is 408. The lowest BCUT2D eigenvalue weighted by Crippen LogP contribution is -2.29. The third-order valence-electron chi connectivity index (χ3n) is 3.00. The fourth-order valence-electron chi connectivity index (χ4n) is 2.15. The van der Waals surface area contributed by atoms with Crippen molar-refractivity contribution in [3.05, 3.63) is 23.9 Å². The molecule has 1 unspecified atom stereocenters. The Kier molecular flexibility index (Phi) is 3.58. The largest absolute Gasteiger partial charge is 0.384 e. The van der Waals surface area contributed by atoms with Crippen LogP contribution < -0.4 is 5.73 Å². The molecule has 17 heavy (non-hydrogen) atoms. The number of hydrogen-bond donors (Lipinski definition) is 1. The number of nitrogens with two attached hydrogens (primary N) is 1. The number of ether oxygens (including phenoxy) is 1. The van der Waals surface area contributed by atoms with E-state index in [4.69, 9.17) is 10.5 Å². The van der Waals surface area contributed by atoms with Crippen molar-refractivity contribution in [1.82, 2.24) is 9.88 Å². The highest BCUT2D eigenvalue weighted by Gasteiger charge is 2.26. The van der Waals surface area contributed by atoms with Crippen LogP contribution in [0.4, 0.5) is 5.82 Å². The Morgan fingerprint density at radius 3 is 3.24 bits per heavy atom. The van der Waals surface area contributed by atoms with Crippen molar-refractivity contribution < 1.29 is 9.53 Å². The summed E-state index contributed by atoms with van der Waals surface area (Å²) in [5.41, 5.74) is 6.18. The summed E-state index contributed by atoms with van der Waals surface area (Å²) >= 11 is 0. The Morgan fingerprint density at radius 1 is 1.71 bits per heavy atom. The monoisotopic (exact) mass is 235 g/mol. The summed E-state index contributed by atoms with van der Waals surface area (Å²) in [6.07, 6.45) is 2.56. The second-order valence-corrected chi connectivity index (χ2v) is 4.33. The first-order chi connectivity index (χ1) is 8.20. The summed E-state index contributed by atoms with van der Waals surface area (Å²) in [4.78, 5) is 17.9. The fourth-order valence-corrected chi connectivity index (χ4v) is 2.15. The molecule has 1 aromatic heterocycles. The molecule has 5 heteroatoms. The average molecular weight is 235 g/mol. The first-order valence-corrected chi connectivity index (χ1v) is 5.70. The minimum absolute atomic E-state index is 0.0257. The van der Waals surface area contributed by atoms with Gasteiger partial charge in [0.15, 0.2) is 0 Å². The standard InChI is InChI=1S/C12H17N3O2/c1-17-8-9-3-5-15(7-9)12(16)10-2-4-14-11(13)6-10/h2,4,6,9H,3,5,7-8H2,1H3,(H2,13,14). The Balaban J connectivity index is 2.02. The lowest BCUT2D eigenvalue weighted by Gasteiger charge is -2.16. The van der Waals surface area contributed by atoms with Crippen molar-refractivity contribution in [3.63, 3.8) is 0 Å². The maximum atomic E-state index is 12.2. The summed E-state index contributed by atoms with van der Waals surface area (Å²) < 4.78 is 5.11. The van der Waals surface area contributed by atoms with Gasteiger partial charge < -0.3 is 15.4 Å². The van der Waals surface area contributed by atoms with Crippen molar-refractivity contribution >= 4 is 11.7 Å². The van der Waals surface area contributed by atoms with Gasteiger partial charge in [-0.2, -0.15) is 0 Å². The maximum absolute atomic E-state index is 12.2. The summed E-state index contributed by atoms with van der Waals surface area (Å²) in [7, 11) is 1.69. The van der Waals surface area contributed by atoms with Crippen LogP contribution in [-0.2, 0) is 4.74 Å². The number of carbonyl (C=O) groups excluding carboxylic acids is 1. The number of amides is 1. The van der Waals surface area contributed by atoms with Gasteiger partial charge in [-0.3, -0.25) is 4.79 Å². The molecular formula is C12H17N3O2. The summed E-state index contributed by atoms with van der Waals surface area (Å²) in [5.74, 6) is 0.851. The molecule has 2 N–H and O–H groups in total. The molecule has 1 aromatic rings. The molecule has 0 aliphatic carbocycles. The van der Waals surface area contributed by atoms with Crippen molar-refractivity contribution in [2.45, 2.75) is 6.42 Å². The van der Waals surface area contributed by atoms with Crippen molar-refractivity contribution in [2.24, 2.45) is 5.92 Å². The molecule has 1 aliphatic heterocycles. The lowest BCUT2D eigenvalue weighted by molar-refractivity contribution is 0.0775. The van der Waals surface area contributed by atoms with E-state index in [1.165, 1.54) is 0 Å². The van der Waals surface area contributed by atoms with E-state index in [1.54, 1.807) is 25.4 Å². The van der Waals surface area contributed by atoms with Crippen LogP contribution in [-0.4, -0.2) is 42.6 Å². The third kappa shape index (κ3) is 2.74. The van der Waals surface area contributed by atoms with Crippen LogP contribution in [0.1, 0.15) is 16.8 Å². The number of pyridine rings is 1. The van der Waals surface area contributed by atoms with Gasteiger partial charge in [0.2, 0.25) is 0 Å². The van der Waals surface area contributed by atoms with Crippen LogP contribution in [0, 0.1) is 5.92 Å². The average Bonchev–Trinajstić information content (AvgIpc) is 2.77. The highest BCUT2D eigenvalue weighted by atomic mass is 16.5. The molecule has 1 aliphatic rings. The van der Waals surface area contributed by atoms with Crippen LogP contribution in [0.2, 0.25) is 0 Å². The Hall–Kier alpha value is -1.62. The van der Waals surface area contributed by atoms with Crippen molar-refractivity contribution in [1.29, 1.82) is 0 Å². The minimum atomic E-state index is 0.0257. The van der Waals surface area contributed by atoms with Crippen LogP contribution >= 0.6 is 0 Å². The zero-order valence-corrected chi connectivity index (χ0v) is 9.93. The van der Waals surface area contributed by atoms with E-state index in [0.717, 1.165) is 19.5 Å². The topological polar surface area (TPSA) is 68.5 Å². The van der Waals surface area contributed by atoms with Gasteiger partial charge in [0, 0.05) is 37.9 Å². The normalized spacial score (nSPS) is 19.6. The zero-order valence-electron chi connectivity index (χ0n) is 9.93. The maximum Gasteiger partial charge on any atom is 0.254 e. The summed E-state index contributed by atoms with van der Waals surface area (Å²) in [6.45, 7) is 2.26. The predicted octanol–water partition coefficient (Wildman–Crippen LogP) is 0.772. The number of rotatable bonds is 3. The molecule has 2 heterocycles. The molecular weight excluding hydrogens is 218 g/mol. The smallest absolute Gasteiger partial charge is 0.254 e. The molecule has 0 bridgehead atoms. The van der Waals surface area contributed by atoms with Crippen LogP contribution in [0.15, 0.2) is 18.3 Å². The number of carbonyl (C=O) groups is 1. The molecule has 1 amide bonds. The van der Waals surface area contributed by atoms with E-state index < -0.39 is 0 Å². The predicted molar refractivity (Wildman–Crippen MR) is 64.5 cm³/mol. The Labute approximate surface area is 101 Å². The minimum Gasteiger partial charge on any atom is -0.384 e. The summed E-state index contributed by atoms with van der Waals surface area (Å²) in [5, 5.41) is 0. The molecule has 0 aromatic carbocycles. The number of anilines is 1. The van der Waals surface area contributed by atoms with Gasteiger partial charge in [-0.25, -0.2) is 4.98 Å². The van der Waals surface area contributed by atoms with Crippen molar-refractivity contribution in [2.75, 3.05) is 32.5 Å². The SMILES string of the molecule is COCC1CCN(C(=O)c2ccnc(N)c2)C1. The molecule has 1 fully saturated rings. The highest BCUT2D eigenvalue weighted by Crippen LogP contribution is 2.19. The van der Waals surface area contributed by atoms with Gasteiger partial charge >= 0.3 is 0 Å². The van der Waals surface area contributed by atoms with Crippen molar-refractivity contribution in [3.8, 4) is 0 Å². The van der Waals surface area contributed by atoms with Crippen LogP contribution in [0.25, 0.3) is 0 Å². The second kappa shape index (κ2) is 5.14. The highest BCUT2D eigenvalue weighted by molar-refractivity contribution is 5.94. The van der Waals surface area contributed by atoms with Gasteiger partial charge in [0.05, 0.1) is 6.61 Å². The van der Waals surface area contributed by atoms with E-state index in [-0.39, 0.29) is 5.91 Å². The van der Waals surface area contributed by atoms with Gasteiger partial charge in [-0.1, -0.05) is 0 Å². The molecule has 1 atom stereocenters. The van der Waals surface area contributed by atoms with E-state index in [0.29, 0.717) is 23.9 Å². The van der Waals surface area contributed by atoms with E-state index in [9.17, 15) is 4.79 Å². The second-order valence-electron chi connectivity index (χ2n) is 4.33. The number of aromatic nitrogens is 1. The van der Waals surface area contributed by atoms with E-state index in [2.05, 4.69) is 4.98 Å². The van der Waals surface area contributed by atoms with E-state index >= 15 is 0 Å². The van der Waals surface area contributed by atoms with Crippen LogP contribution in [0.3, 0.4) is 0 Å². The molecule has 92 valence electrons. The molecule has 0 saturated carbocycles. The summed E-state index contributed by atoms with van der Waals surface area (Å²) in [6, 6.07) is 3.31. The quantitative estimate of drug-likeness (QED) is 0.840. The van der Waals surface area contributed by atoms with Gasteiger partial charge in [0.25, 0.3) is 5.91 Å². The zero-order chi connectivity index (χ0) is 12.3. The Morgan fingerprint density at radius 2 is 2.53 bits per heavy atom. The number of methoxy groups -OCH3 is 1. The number of nitrogen functional groups attached to an aromatic ring is 1. The fraction of sp³-hybridized carbons (Fsp3) is 0.500. The van der Waals surface area contributed by atoms with Gasteiger partial charge in [-0.15, -0.1) is 0 Å². The third-order valence-corrected chi connectivity index (χ3v) is 3.00. The van der Waals surface area contributed by atoms with Crippen LogP contribution in [0.5, 0.6) is 0 Å². The number of hydrogen-bond acceptors (Lipinski definition) is 4. The van der Waals surface area contributed by atoms with Gasteiger partial charge in [0.1, 0.15) is 5.82 Å². The first-order valence-electron chi connectivity index (χ1n) is 5.70. The molecule has 1 saturated heterocycles. The number of likely N-dealkylation sites (tertiary alicyclic amines) is 1. The lowest BCUT2D eigenvalue weighted by atomic mass is 10.1. The van der Waals surface area contributed by atoms with Gasteiger partial charge in [-0.05, 0) is 18.6 Å². The van der Waals surface area contributed by atoms with E-state index in [1.807, 2.05) is 4.90 Å². The molecule has 2 rings (SSSR count).